The molecule has 3 N–H and O–H groups in total. The van der Waals surface area contributed by atoms with E-state index >= 15 is 0 Å². The highest BCUT2D eigenvalue weighted by Gasteiger charge is 2.05. The molecule has 3 aromatic rings. The number of guanidine groups is 1. The van der Waals surface area contributed by atoms with Gasteiger partial charge in [-0.05, 0) is 48.0 Å². The summed E-state index contributed by atoms with van der Waals surface area (Å²) in [5, 5.41) is 7.62. The second-order valence-electron chi connectivity index (χ2n) is 6.19. The lowest BCUT2D eigenvalue weighted by molar-refractivity contribution is 0.354. The van der Waals surface area contributed by atoms with Crippen LogP contribution in [0.1, 0.15) is 11.3 Å². The lowest BCUT2D eigenvalue weighted by atomic mass is 10.2. The number of halogens is 1. The molecule has 0 aliphatic heterocycles. The quantitative estimate of drug-likeness (QED) is 0.268. The van der Waals surface area contributed by atoms with E-state index in [9.17, 15) is 0 Å². The van der Waals surface area contributed by atoms with Gasteiger partial charge in [0.05, 0.1) is 45.8 Å². The zero-order valence-electron chi connectivity index (χ0n) is 17.2. The van der Waals surface area contributed by atoms with Gasteiger partial charge >= 0.3 is 0 Å². The fourth-order valence-electron chi connectivity index (χ4n) is 2.73. The van der Waals surface area contributed by atoms with Crippen molar-refractivity contribution in [3.63, 3.8) is 0 Å². The average molecular weight is 523 g/mol. The number of methoxy groups -OCH3 is 3. The number of hydrogen-bond donors (Lipinski definition) is 2. The molecule has 0 spiro atoms. The number of nitrogens with zero attached hydrogens (tertiary/aromatic N) is 3. The number of rotatable bonds is 8. The van der Waals surface area contributed by atoms with Crippen LogP contribution in [0.2, 0.25) is 0 Å². The normalized spacial score (nSPS) is 10.8. The van der Waals surface area contributed by atoms with E-state index < -0.39 is 0 Å². The van der Waals surface area contributed by atoms with Crippen LogP contribution in [0.3, 0.4) is 0 Å². The summed E-state index contributed by atoms with van der Waals surface area (Å²) in [7, 11) is 4.85. The molecular formula is C21H26IN5O3. The van der Waals surface area contributed by atoms with Crippen LogP contribution >= 0.6 is 24.0 Å². The minimum Gasteiger partial charge on any atom is -0.497 e. The Kier molecular flexibility index (Phi) is 8.78. The van der Waals surface area contributed by atoms with E-state index in [1.165, 1.54) is 0 Å². The first-order valence-electron chi connectivity index (χ1n) is 9.06. The fourth-order valence-corrected chi connectivity index (χ4v) is 2.73. The molecule has 0 aliphatic rings. The maximum Gasteiger partial charge on any atom is 0.189 e. The highest BCUT2D eigenvalue weighted by atomic mass is 127. The Balaban J connectivity index is 0.00000320. The smallest absolute Gasteiger partial charge is 0.189 e. The molecule has 3 rings (SSSR count). The van der Waals surface area contributed by atoms with Gasteiger partial charge in [-0.2, -0.15) is 5.10 Å². The van der Waals surface area contributed by atoms with Gasteiger partial charge in [0.2, 0.25) is 0 Å². The minimum atomic E-state index is 0. The van der Waals surface area contributed by atoms with Crippen LogP contribution in [-0.2, 0) is 13.1 Å². The predicted octanol–water partition coefficient (Wildman–Crippen LogP) is 3.12. The Labute approximate surface area is 193 Å². The molecule has 30 heavy (non-hydrogen) atoms. The molecule has 1 heterocycles. The van der Waals surface area contributed by atoms with Gasteiger partial charge in [-0.25, -0.2) is 9.67 Å². The molecular weight excluding hydrogens is 497 g/mol. The molecule has 0 fully saturated rings. The number of aliphatic imine (C=N–C) groups is 1. The van der Waals surface area contributed by atoms with E-state index in [-0.39, 0.29) is 24.0 Å². The molecule has 8 nitrogen and oxygen atoms in total. The standard InChI is InChI=1S/C21H25N5O3.HI/c1-27-18-7-5-17(6-8-18)26-11-10-16(25-26)14-24-21(22)23-13-15-4-9-19(28-2)20(12-15)29-3;/h4-12H,13-14H2,1-3H3,(H3,22,23,24);1H. The van der Waals surface area contributed by atoms with E-state index in [2.05, 4.69) is 15.4 Å². The first-order chi connectivity index (χ1) is 14.1. The van der Waals surface area contributed by atoms with E-state index in [1.54, 1.807) is 26.0 Å². The van der Waals surface area contributed by atoms with E-state index in [0.29, 0.717) is 30.5 Å². The third-order valence-corrected chi connectivity index (χ3v) is 4.31. The van der Waals surface area contributed by atoms with E-state index in [0.717, 1.165) is 22.7 Å². The first kappa shape index (κ1) is 23.3. The maximum absolute atomic E-state index is 5.98. The van der Waals surface area contributed by atoms with Gasteiger partial charge < -0.3 is 25.3 Å². The van der Waals surface area contributed by atoms with Crippen molar-refractivity contribution in [2.75, 3.05) is 21.3 Å². The summed E-state index contributed by atoms with van der Waals surface area (Å²) in [6.45, 7) is 0.907. The summed E-state index contributed by atoms with van der Waals surface area (Å²) in [6, 6.07) is 15.3. The van der Waals surface area contributed by atoms with Crippen molar-refractivity contribution in [3.8, 4) is 22.9 Å². The van der Waals surface area contributed by atoms with E-state index in [1.807, 2.05) is 54.7 Å². The van der Waals surface area contributed by atoms with Gasteiger partial charge in [0.15, 0.2) is 17.5 Å². The van der Waals surface area contributed by atoms with Crippen molar-refractivity contribution in [2.45, 2.75) is 13.1 Å². The van der Waals surface area contributed by atoms with Gasteiger partial charge in [0.25, 0.3) is 0 Å². The van der Waals surface area contributed by atoms with Crippen molar-refractivity contribution < 1.29 is 14.2 Å². The number of hydrogen-bond acceptors (Lipinski definition) is 5. The van der Waals surface area contributed by atoms with Crippen molar-refractivity contribution in [2.24, 2.45) is 10.7 Å². The van der Waals surface area contributed by atoms with Crippen LogP contribution in [0.5, 0.6) is 17.2 Å². The van der Waals surface area contributed by atoms with E-state index in [4.69, 9.17) is 19.9 Å². The summed E-state index contributed by atoms with van der Waals surface area (Å²) in [4.78, 5) is 4.36. The number of nitrogens with one attached hydrogen (secondary N) is 1. The van der Waals surface area contributed by atoms with Crippen LogP contribution in [0.15, 0.2) is 59.7 Å². The molecule has 0 atom stereocenters. The fraction of sp³-hybridized carbons (Fsp3) is 0.238. The zero-order valence-corrected chi connectivity index (χ0v) is 19.5. The molecule has 0 amide bonds. The highest BCUT2D eigenvalue weighted by molar-refractivity contribution is 14.0. The third kappa shape index (κ3) is 6.02. The van der Waals surface area contributed by atoms with Crippen molar-refractivity contribution in [1.82, 2.24) is 15.1 Å². The second-order valence-corrected chi connectivity index (χ2v) is 6.19. The molecule has 160 valence electrons. The van der Waals surface area contributed by atoms with Crippen LogP contribution in [0.4, 0.5) is 0 Å². The molecule has 2 aromatic carbocycles. The first-order valence-corrected chi connectivity index (χ1v) is 9.06. The highest BCUT2D eigenvalue weighted by Crippen LogP contribution is 2.27. The van der Waals surface area contributed by atoms with Crippen LogP contribution in [0, 0.1) is 0 Å². The molecule has 0 bridgehead atoms. The summed E-state index contributed by atoms with van der Waals surface area (Å²) in [6.07, 6.45) is 1.90. The molecule has 0 saturated heterocycles. The zero-order chi connectivity index (χ0) is 20.6. The topological polar surface area (TPSA) is 95.9 Å². The average Bonchev–Trinajstić information content (AvgIpc) is 3.25. The SMILES string of the molecule is COc1ccc(-n2ccc(CNC(N)=NCc3ccc(OC)c(OC)c3)n2)cc1.I. The third-order valence-electron chi connectivity index (χ3n) is 4.31. The molecule has 1 aromatic heterocycles. The van der Waals surface area contributed by atoms with Crippen LogP contribution in [0.25, 0.3) is 5.69 Å². The predicted molar refractivity (Wildman–Crippen MR) is 127 cm³/mol. The van der Waals surface area contributed by atoms with Crippen LogP contribution in [-0.4, -0.2) is 37.1 Å². The monoisotopic (exact) mass is 523 g/mol. The molecule has 0 aliphatic carbocycles. The van der Waals surface area contributed by atoms with Gasteiger partial charge in [-0.1, -0.05) is 6.07 Å². The van der Waals surface area contributed by atoms with Gasteiger partial charge in [0, 0.05) is 6.20 Å². The largest absolute Gasteiger partial charge is 0.497 e. The Morgan fingerprint density at radius 2 is 1.73 bits per heavy atom. The summed E-state index contributed by atoms with van der Waals surface area (Å²) in [5.74, 6) is 2.50. The lowest BCUT2D eigenvalue weighted by Gasteiger charge is -2.09. The number of ether oxygens (including phenoxy) is 3. The van der Waals surface area contributed by atoms with Crippen LogP contribution < -0.4 is 25.3 Å². The lowest BCUT2D eigenvalue weighted by Crippen LogP contribution is -2.31. The summed E-state index contributed by atoms with van der Waals surface area (Å²) >= 11 is 0. The minimum absolute atomic E-state index is 0. The van der Waals surface area contributed by atoms with Gasteiger partial charge in [0.1, 0.15) is 5.75 Å². The van der Waals surface area contributed by atoms with Crippen molar-refractivity contribution >= 4 is 29.9 Å². The Bertz CT molecular complexity index is 973. The summed E-state index contributed by atoms with van der Waals surface area (Å²) in [5.41, 5.74) is 8.75. The molecule has 0 radical (unpaired) electrons. The number of nitrogens with two attached hydrogens (primary N) is 1. The van der Waals surface area contributed by atoms with Crippen molar-refractivity contribution in [1.29, 1.82) is 0 Å². The molecule has 0 unspecified atom stereocenters. The Morgan fingerprint density at radius 1 is 1.00 bits per heavy atom. The van der Waals surface area contributed by atoms with Crippen molar-refractivity contribution in [3.05, 3.63) is 66.0 Å². The summed E-state index contributed by atoms with van der Waals surface area (Å²) < 4.78 is 17.5. The Morgan fingerprint density at radius 3 is 2.40 bits per heavy atom. The van der Waals surface area contributed by atoms with Gasteiger partial charge in [-0.15, -0.1) is 24.0 Å². The maximum atomic E-state index is 5.98. The molecule has 0 saturated carbocycles. The van der Waals surface area contributed by atoms with Gasteiger partial charge in [-0.3, -0.25) is 0 Å². The second kappa shape index (κ2) is 11.3. The molecule has 9 heteroatoms. The number of aromatic nitrogens is 2. The number of benzene rings is 2. The Hall–Kier alpha value is -2.95.